The van der Waals surface area contributed by atoms with E-state index in [1.807, 2.05) is 0 Å². The molecule has 5 nitrogen and oxygen atoms in total. The highest BCUT2D eigenvalue weighted by molar-refractivity contribution is 5.75. The Kier molecular flexibility index (Phi) is 5.01. The molecule has 5 heteroatoms. The van der Waals surface area contributed by atoms with Gasteiger partial charge in [0.1, 0.15) is 5.60 Å². The maximum absolute atomic E-state index is 11.3. The first kappa shape index (κ1) is 12.4. The molecule has 1 atom stereocenters. The number of carbonyl (C=O) groups excluding carboxylic acids is 1. The van der Waals surface area contributed by atoms with E-state index in [4.69, 9.17) is 9.84 Å². The molecule has 0 spiro atoms. The highest BCUT2D eigenvalue weighted by Gasteiger charge is 2.32. The summed E-state index contributed by atoms with van der Waals surface area (Å²) in [6.07, 6.45) is 2.29. The van der Waals surface area contributed by atoms with Gasteiger partial charge in [0.2, 0.25) is 5.91 Å². The van der Waals surface area contributed by atoms with Gasteiger partial charge >= 0.3 is 0 Å². The normalized spacial score (nSPS) is 25.5. The topological polar surface area (TPSA) is 78.8 Å². The quantitative estimate of drug-likeness (QED) is 0.520. The van der Waals surface area contributed by atoms with Crippen LogP contribution in [0.5, 0.6) is 0 Å². The van der Waals surface area contributed by atoms with Crippen LogP contribution in [0, 0.1) is 0 Å². The van der Waals surface area contributed by atoms with Gasteiger partial charge in [-0.2, -0.15) is 0 Å². The third-order valence-corrected chi connectivity index (χ3v) is 2.51. The molecule has 1 rings (SSSR count). The van der Waals surface area contributed by atoms with Crippen molar-refractivity contribution < 1.29 is 19.7 Å². The van der Waals surface area contributed by atoms with E-state index >= 15 is 0 Å². The summed E-state index contributed by atoms with van der Waals surface area (Å²) in [7, 11) is 0. The smallest absolute Gasteiger partial charge is 0.220 e. The number of hydrogen-bond acceptors (Lipinski definition) is 4. The van der Waals surface area contributed by atoms with Gasteiger partial charge in [0.15, 0.2) is 0 Å². The van der Waals surface area contributed by atoms with Gasteiger partial charge < -0.3 is 20.3 Å². The number of carbonyl (C=O) groups is 1. The first-order valence-electron chi connectivity index (χ1n) is 5.34. The number of hydrogen-bond donors (Lipinski definition) is 3. The third-order valence-electron chi connectivity index (χ3n) is 2.51. The van der Waals surface area contributed by atoms with Crippen LogP contribution in [0.25, 0.3) is 0 Å². The lowest BCUT2D eigenvalue weighted by Crippen LogP contribution is -2.43. The lowest BCUT2D eigenvalue weighted by atomic mass is 10.0. The Morgan fingerprint density at radius 2 is 2.27 bits per heavy atom. The molecule has 0 radical (unpaired) electrons. The molecule has 1 aliphatic heterocycles. The predicted molar refractivity (Wildman–Crippen MR) is 54.3 cm³/mol. The minimum Gasteiger partial charge on any atom is -0.396 e. The van der Waals surface area contributed by atoms with E-state index < -0.39 is 5.60 Å². The second kappa shape index (κ2) is 6.05. The second-order valence-corrected chi connectivity index (χ2v) is 3.98. The van der Waals surface area contributed by atoms with Gasteiger partial charge in [-0.25, -0.2) is 0 Å². The van der Waals surface area contributed by atoms with E-state index in [1.165, 1.54) is 0 Å². The largest absolute Gasteiger partial charge is 0.396 e. The first-order chi connectivity index (χ1) is 7.16. The fraction of sp³-hybridized carbons (Fsp3) is 0.900. The van der Waals surface area contributed by atoms with Crippen molar-refractivity contribution in [2.24, 2.45) is 0 Å². The number of ether oxygens (including phenoxy) is 1. The van der Waals surface area contributed by atoms with Crippen LogP contribution < -0.4 is 5.32 Å². The van der Waals surface area contributed by atoms with E-state index in [-0.39, 0.29) is 19.1 Å². The van der Waals surface area contributed by atoms with E-state index in [9.17, 15) is 9.90 Å². The van der Waals surface area contributed by atoms with Gasteiger partial charge in [-0.15, -0.1) is 0 Å². The summed E-state index contributed by atoms with van der Waals surface area (Å²) in [6, 6.07) is 0. The van der Waals surface area contributed by atoms with Gasteiger partial charge in [0, 0.05) is 32.6 Å². The van der Waals surface area contributed by atoms with Crippen molar-refractivity contribution in [2.45, 2.75) is 31.3 Å². The molecule has 0 aliphatic carbocycles. The Morgan fingerprint density at radius 1 is 1.47 bits per heavy atom. The lowest BCUT2D eigenvalue weighted by molar-refractivity contribution is -0.122. The summed E-state index contributed by atoms with van der Waals surface area (Å²) >= 11 is 0. The monoisotopic (exact) mass is 217 g/mol. The minimum atomic E-state index is -0.882. The third kappa shape index (κ3) is 4.59. The Hall–Kier alpha value is -0.650. The molecule has 88 valence electrons. The highest BCUT2D eigenvalue weighted by atomic mass is 16.5. The lowest BCUT2D eigenvalue weighted by Gasteiger charge is -2.20. The number of unbranched alkanes of at least 4 members (excludes halogenated alkanes) is 1. The molecule has 1 fully saturated rings. The van der Waals surface area contributed by atoms with Crippen LogP contribution in [-0.4, -0.2) is 48.1 Å². The van der Waals surface area contributed by atoms with Crippen LogP contribution >= 0.6 is 0 Å². The van der Waals surface area contributed by atoms with Crippen LogP contribution in [0.15, 0.2) is 0 Å². The van der Waals surface area contributed by atoms with Crippen molar-refractivity contribution >= 4 is 5.91 Å². The molecule has 1 unspecified atom stereocenters. The Bertz CT molecular complexity index is 202. The minimum absolute atomic E-state index is 0.0798. The van der Waals surface area contributed by atoms with Crippen molar-refractivity contribution in [3.63, 3.8) is 0 Å². The summed E-state index contributed by atoms with van der Waals surface area (Å²) in [4.78, 5) is 11.3. The number of rotatable bonds is 6. The average molecular weight is 217 g/mol. The molecule has 0 aromatic carbocycles. The van der Waals surface area contributed by atoms with Crippen molar-refractivity contribution in [2.75, 3.05) is 26.4 Å². The maximum atomic E-state index is 11.3. The van der Waals surface area contributed by atoms with Crippen molar-refractivity contribution in [1.82, 2.24) is 5.32 Å². The summed E-state index contributed by atoms with van der Waals surface area (Å²) in [5.74, 6) is -0.0798. The van der Waals surface area contributed by atoms with Gasteiger partial charge in [0.25, 0.3) is 0 Å². The standard InChI is InChI=1S/C10H19NO4/c12-5-2-1-3-9(13)11-7-10(14)4-6-15-8-10/h12,14H,1-8H2,(H,11,13). The van der Waals surface area contributed by atoms with Crippen LogP contribution in [0.3, 0.4) is 0 Å². The molecular formula is C10H19NO4. The molecule has 1 amide bonds. The Labute approximate surface area is 89.4 Å². The zero-order valence-electron chi connectivity index (χ0n) is 8.87. The summed E-state index contributed by atoms with van der Waals surface area (Å²) in [5.41, 5.74) is -0.882. The number of aliphatic hydroxyl groups is 2. The van der Waals surface area contributed by atoms with Crippen molar-refractivity contribution in [1.29, 1.82) is 0 Å². The Balaban J connectivity index is 2.10. The second-order valence-electron chi connectivity index (χ2n) is 3.98. The van der Waals surface area contributed by atoms with Gasteiger partial charge in [0.05, 0.1) is 6.61 Å². The molecule has 1 saturated heterocycles. The van der Waals surface area contributed by atoms with Crippen LogP contribution in [-0.2, 0) is 9.53 Å². The number of aliphatic hydroxyl groups excluding tert-OH is 1. The summed E-state index contributed by atoms with van der Waals surface area (Å²) < 4.78 is 5.06. The van der Waals surface area contributed by atoms with E-state index in [2.05, 4.69) is 5.32 Å². The van der Waals surface area contributed by atoms with Crippen LogP contribution in [0.2, 0.25) is 0 Å². The van der Waals surface area contributed by atoms with Crippen LogP contribution in [0.1, 0.15) is 25.7 Å². The molecule has 0 aromatic heterocycles. The molecule has 1 aliphatic rings. The zero-order chi connectivity index (χ0) is 11.1. The Morgan fingerprint density at radius 3 is 2.87 bits per heavy atom. The fourth-order valence-corrected chi connectivity index (χ4v) is 1.48. The number of amides is 1. The number of nitrogens with one attached hydrogen (secondary N) is 1. The van der Waals surface area contributed by atoms with E-state index in [0.29, 0.717) is 38.9 Å². The van der Waals surface area contributed by atoms with E-state index in [0.717, 1.165) is 0 Å². The van der Waals surface area contributed by atoms with Crippen molar-refractivity contribution in [3.8, 4) is 0 Å². The van der Waals surface area contributed by atoms with E-state index in [1.54, 1.807) is 0 Å². The van der Waals surface area contributed by atoms with Crippen LogP contribution in [0.4, 0.5) is 0 Å². The van der Waals surface area contributed by atoms with Gasteiger partial charge in [-0.3, -0.25) is 4.79 Å². The molecule has 3 N–H and O–H groups in total. The summed E-state index contributed by atoms with van der Waals surface area (Å²) in [5, 5.41) is 21.0. The summed E-state index contributed by atoms with van der Waals surface area (Å²) in [6.45, 7) is 1.22. The van der Waals surface area contributed by atoms with Gasteiger partial charge in [-0.1, -0.05) is 0 Å². The zero-order valence-corrected chi connectivity index (χ0v) is 8.87. The van der Waals surface area contributed by atoms with Crippen molar-refractivity contribution in [3.05, 3.63) is 0 Å². The highest BCUT2D eigenvalue weighted by Crippen LogP contribution is 2.16. The molecule has 0 aromatic rings. The maximum Gasteiger partial charge on any atom is 0.220 e. The van der Waals surface area contributed by atoms with Gasteiger partial charge in [-0.05, 0) is 12.8 Å². The molecule has 0 bridgehead atoms. The molecular weight excluding hydrogens is 198 g/mol. The predicted octanol–water partition coefficient (Wildman–Crippen LogP) is -0.583. The fourth-order valence-electron chi connectivity index (χ4n) is 1.48. The average Bonchev–Trinajstić information content (AvgIpc) is 2.64. The molecule has 15 heavy (non-hydrogen) atoms. The molecule has 1 heterocycles. The SMILES string of the molecule is O=C(CCCCO)NCC1(O)CCOC1. The first-order valence-corrected chi connectivity index (χ1v) is 5.34. The molecule has 0 saturated carbocycles.